The summed E-state index contributed by atoms with van der Waals surface area (Å²) in [6.07, 6.45) is 5.64. The SMILES string of the molecule is CCCC(=O)NCc1ccccc1N1CCC(=CC(Cc2ccc(Cl)cc2)NC(=O)c2cc(=O)c3cc4c(cc3o2)OCO4)CC1. The Balaban J connectivity index is 1.18. The standard InChI is InChI=1S/C36H36ClN3O6/c1-2-5-35(42)38-21-25-6-3-4-7-29(25)40-14-12-24(13-15-40)17-27(16-23-8-10-26(37)11-9-23)39-36(43)34-19-30(41)28-18-32-33(45-22-44-32)20-31(28)46-34/h3-4,6-11,17-20,27H,2,5,12-16,21-22H2,1H3,(H,38,42)(H,39,43). The lowest BCUT2D eigenvalue weighted by Crippen LogP contribution is -2.37. The van der Waals surface area contributed by atoms with Gasteiger partial charge in [0.15, 0.2) is 22.7 Å². The van der Waals surface area contributed by atoms with E-state index in [0.29, 0.717) is 41.3 Å². The van der Waals surface area contributed by atoms with Crippen LogP contribution in [0.25, 0.3) is 11.0 Å². The molecule has 0 spiro atoms. The summed E-state index contributed by atoms with van der Waals surface area (Å²) in [5.41, 5.74) is 4.38. The van der Waals surface area contributed by atoms with Gasteiger partial charge in [-0.05, 0) is 61.1 Å². The lowest BCUT2D eigenvalue weighted by molar-refractivity contribution is -0.121. The lowest BCUT2D eigenvalue weighted by atomic mass is 9.97. The van der Waals surface area contributed by atoms with Gasteiger partial charge in [0.1, 0.15) is 5.58 Å². The number of hydrogen-bond donors (Lipinski definition) is 2. The number of carbonyl (C=O) groups excluding carboxylic acids is 2. The molecule has 6 rings (SSSR count). The first-order chi connectivity index (χ1) is 22.4. The van der Waals surface area contributed by atoms with E-state index in [0.717, 1.165) is 49.2 Å². The lowest BCUT2D eigenvalue weighted by Gasteiger charge is -2.32. The van der Waals surface area contributed by atoms with Crippen LogP contribution in [0.15, 0.2) is 87.6 Å². The van der Waals surface area contributed by atoms with Gasteiger partial charge in [0, 0.05) is 48.9 Å². The summed E-state index contributed by atoms with van der Waals surface area (Å²) >= 11 is 6.12. The van der Waals surface area contributed by atoms with Crippen LogP contribution in [0.2, 0.25) is 5.02 Å². The number of carbonyl (C=O) groups is 2. The molecule has 2 aliphatic rings. The van der Waals surface area contributed by atoms with Crippen molar-refractivity contribution < 1.29 is 23.5 Å². The van der Waals surface area contributed by atoms with E-state index in [1.165, 1.54) is 11.6 Å². The molecule has 2 N–H and O–H groups in total. The number of piperidine rings is 1. The maximum absolute atomic E-state index is 13.5. The van der Waals surface area contributed by atoms with Gasteiger partial charge in [-0.25, -0.2) is 0 Å². The van der Waals surface area contributed by atoms with Crippen LogP contribution < -0.4 is 30.4 Å². The second-order valence-electron chi connectivity index (χ2n) is 11.6. The van der Waals surface area contributed by atoms with Crippen LogP contribution in [0.1, 0.15) is 54.3 Å². The van der Waals surface area contributed by atoms with Gasteiger partial charge >= 0.3 is 0 Å². The van der Waals surface area contributed by atoms with Gasteiger partial charge in [-0.3, -0.25) is 14.4 Å². The molecule has 0 bridgehead atoms. The molecule has 3 aromatic carbocycles. The fourth-order valence-electron chi connectivity index (χ4n) is 5.89. The van der Waals surface area contributed by atoms with Crippen molar-refractivity contribution in [2.75, 3.05) is 24.8 Å². The molecule has 3 heterocycles. The van der Waals surface area contributed by atoms with E-state index in [1.807, 2.05) is 43.3 Å². The van der Waals surface area contributed by atoms with Gasteiger partial charge in [-0.15, -0.1) is 0 Å². The summed E-state index contributed by atoms with van der Waals surface area (Å²) in [4.78, 5) is 40.9. The molecule has 1 aromatic heterocycles. The molecule has 2 amide bonds. The minimum Gasteiger partial charge on any atom is -0.454 e. The molecule has 0 radical (unpaired) electrons. The molecule has 4 aromatic rings. The molecule has 238 valence electrons. The smallest absolute Gasteiger partial charge is 0.287 e. The minimum absolute atomic E-state index is 0.0602. The Kier molecular flexibility index (Phi) is 9.59. The fraction of sp³-hybridized carbons (Fsp3) is 0.306. The minimum atomic E-state index is -0.482. The van der Waals surface area contributed by atoms with E-state index in [9.17, 15) is 14.4 Å². The highest BCUT2D eigenvalue weighted by Gasteiger charge is 2.22. The van der Waals surface area contributed by atoms with Crippen LogP contribution in [0.4, 0.5) is 5.69 Å². The highest BCUT2D eigenvalue weighted by molar-refractivity contribution is 6.30. The number of fused-ring (bicyclic) bond motifs is 2. The number of rotatable bonds is 10. The normalized spacial score (nSPS) is 14.7. The molecule has 1 fully saturated rings. The molecule has 10 heteroatoms. The molecule has 9 nitrogen and oxygen atoms in total. The Morgan fingerprint density at radius 3 is 2.50 bits per heavy atom. The first-order valence-corrected chi connectivity index (χ1v) is 16.0. The van der Waals surface area contributed by atoms with Gasteiger partial charge in [-0.1, -0.05) is 60.5 Å². The topological polar surface area (TPSA) is 110 Å². The zero-order valence-corrected chi connectivity index (χ0v) is 26.4. The monoisotopic (exact) mass is 641 g/mol. The molecule has 46 heavy (non-hydrogen) atoms. The van der Waals surface area contributed by atoms with E-state index in [2.05, 4.69) is 33.7 Å². The molecular formula is C36H36ClN3O6. The summed E-state index contributed by atoms with van der Waals surface area (Å²) in [6.45, 7) is 4.18. The highest BCUT2D eigenvalue weighted by Crippen LogP contribution is 2.35. The van der Waals surface area contributed by atoms with Crippen molar-refractivity contribution in [3.8, 4) is 11.5 Å². The highest BCUT2D eigenvalue weighted by atomic mass is 35.5. The number of amides is 2. The van der Waals surface area contributed by atoms with E-state index < -0.39 is 5.91 Å². The first kappa shape index (κ1) is 31.2. The summed E-state index contributed by atoms with van der Waals surface area (Å²) < 4.78 is 16.7. The van der Waals surface area contributed by atoms with Crippen molar-refractivity contribution >= 4 is 40.1 Å². The van der Waals surface area contributed by atoms with Gasteiger partial charge in [0.2, 0.25) is 12.7 Å². The summed E-state index contributed by atoms with van der Waals surface area (Å²) in [5, 5.41) is 7.07. The predicted octanol–water partition coefficient (Wildman–Crippen LogP) is 6.16. The fourth-order valence-corrected chi connectivity index (χ4v) is 6.01. The second kappa shape index (κ2) is 14.1. The summed E-state index contributed by atoms with van der Waals surface area (Å²) in [6, 6.07) is 19.7. The number of ether oxygens (including phenoxy) is 2. The largest absolute Gasteiger partial charge is 0.454 e. The molecular weight excluding hydrogens is 606 g/mol. The van der Waals surface area contributed by atoms with Crippen LogP contribution in [-0.2, 0) is 17.8 Å². The number of halogens is 1. The molecule has 1 unspecified atom stereocenters. The van der Waals surface area contributed by atoms with Crippen LogP contribution in [0, 0.1) is 0 Å². The Labute approximate surface area is 272 Å². The molecule has 0 saturated carbocycles. The quantitative estimate of drug-likeness (QED) is 0.200. The van der Waals surface area contributed by atoms with Gasteiger partial charge < -0.3 is 29.4 Å². The van der Waals surface area contributed by atoms with Crippen LogP contribution in [-0.4, -0.2) is 37.7 Å². The van der Waals surface area contributed by atoms with Crippen molar-refractivity contribution in [2.45, 2.75) is 51.6 Å². The number of nitrogens with one attached hydrogen (secondary N) is 2. The Hall–Kier alpha value is -4.76. The Morgan fingerprint density at radius 1 is 1.00 bits per heavy atom. The molecule has 1 saturated heterocycles. The van der Waals surface area contributed by atoms with Crippen molar-refractivity contribution in [1.82, 2.24) is 10.6 Å². The Morgan fingerprint density at radius 2 is 1.74 bits per heavy atom. The van der Waals surface area contributed by atoms with Crippen molar-refractivity contribution in [3.63, 3.8) is 0 Å². The third-order valence-corrected chi connectivity index (χ3v) is 8.51. The number of hydrogen-bond acceptors (Lipinski definition) is 7. The van der Waals surface area contributed by atoms with Crippen LogP contribution in [0.5, 0.6) is 11.5 Å². The second-order valence-corrected chi connectivity index (χ2v) is 12.0. The molecule has 2 aliphatic heterocycles. The number of nitrogens with zero attached hydrogens (tertiary/aromatic N) is 1. The van der Waals surface area contributed by atoms with E-state index >= 15 is 0 Å². The average Bonchev–Trinajstić information content (AvgIpc) is 3.52. The van der Waals surface area contributed by atoms with Crippen molar-refractivity contribution in [3.05, 3.63) is 111 Å². The van der Waals surface area contributed by atoms with E-state index in [4.69, 9.17) is 25.5 Å². The van der Waals surface area contributed by atoms with E-state index in [1.54, 1.807) is 12.1 Å². The Bertz CT molecular complexity index is 1820. The maximum atomic E-state index is 13.5. The number of benzene rings is 3. The molecule has 1 atom stereocenters. The van der Waals surface area contributed by atoms with E-state index in [-0.39, 0.29) is 35.5 Å². The summed E-state index contributed by atoms with van der Waals surface area (Å²) in [7, 11) is 0. The number of para-hydroxylation sites is 1. The zero-order valence-electron chi connectivity index (χ0n) is 25.6. The van der Waals surface area contributed by atoms with Gasteiger partial charge in [0.25, 0.3) is 5.91 Å². The van der Waals surface area contributed by atoms with Crippen LogP contribution in [0.3, 0.4) is 0 Å². The van der Waals surface area contributed by atoms with Gasteiger partial charge in [0.05, 0.1) is 11.4 Å². The van der Waals surface area contributed by atoms with Crippen LogP contribution >= 0.6 is 11.6 Å². The third kappa shape index (κ3) is 7.37. The number of anilines is 1. The van der Waals surface area contributed by atoms with Crippen molar-refractivity contribution in [1.29, 1.82) is 0 Å². The van der Waals surface area contributed by atoms with Crippen molar-refractivity contribution in [2.24, 2.45) is 0 Å². The zero-order chi connectivity index (χ0) is 32.0. The molecule has 0 aliphatic carbocycles. The predicted molar refractivity (Wildman–Crippen MR) is 178 cm³/mol. The third-order valence-electron chi connectivity index (χ3n) is 8.26. The summed E-state index contributed by atoms with van der Waals surface area (Å²) in [5.74, 6) is 0.441. The average molecular weight is 642 g/mol. The maximum Gasteiger partial charge on any atom is 0.287 e. The first-order valence-electron chi connectivity index (χ1n) is 15.6. The van der Waals surface area contributed by atoms with Gasteiger partial charge in [-0.2, -0.15) is 0 Å².